The second-order valence-corrected chi connectivity index (χ2v) is 6.82. The van der Waals surface area contributed by atoms with Crippen molar-refractivity contribution in [2.75, 3.05) is 20.3 Å². The summed E-state index contributed by atoms with van der Waals surface area (Å²) < 4.78 is 16.5. The predicted octanol–water partition coefficient (Wildman–Crippen LogP) is 3.31. The molecule has 0 fully saturated rings. The summed E-state index contributed by atoms with van der Waals surface area (Å²) in [5.74, 6) is 1.08. The second kappa shape index (κ2) is 9.30. The number of methoxy groups -OCH3 is 1. The number of hydrogen-bond donors (Lipinski definition) is 2. The highest BCUT2D eigenvalue weighted by atomic mass is 16.5. The molecule has 0 aromatic heterocycles. The quantitative estimate of drug-likeness (QED) is 0.680. The van der Waals surface area contributed by atoms with Gasteiger partial charge in [-0.3, -0.25) is 0 Å². The van der Waals surface area contributed by atoms with Gasteiger partial charge in [-0.2, -0.15) is 0 Å². The second-order valence-electron chi connectivity index (χ2n) is 6.82. The van der Waals surface area contributed by atoms with Crippen molar-refractivity contribution < 1.29 is 23.8 Å². The Kier molecular flexibility index (Phi) is 7.10. The van der Waals surface area contributed by atoms with Crippen molar-refractivity contribution in [2.24, 2.45) is 5.92 Å². The lowest BCUT2D eigenvalue weighted by Gasteiger charge is -2.28. The van der Waals surface area contributed by atoms with Crippen molar-refractivity contribution in [3.05, 3.63) is 35.0 Å². The fraction of sp³-hybridized carbons (Fsp3) is 0.500. The van der Waals surface area contributed by atoms with Crippen molar-refractivity contribution >= 4 is 12.0 Å². The zero-order chi connectivity index (χ0) is 20.0. The Morgan fingerprint density at radius 3 is 2.63 bits per heavy atom. The molecule has 1 atom stereocenters. The molecule has 0 spiro atoms. The van der Waals surface area contributed by atoms with Gasteiger partial charge in [-0.1, -0.05) is 26.8 Å². The Balaban J connectivity index is 2.36. The third-order valence-corrected chi connectivity index (χ3v) is 4.02. The van der Waals surface area contributed by atoms with Crippen LogP contribution in [0.3, 0.4) is 0 Å². The van der Waals surface area contributed by atoms with Gasteiger partial charge in [0, 0.05) is 5.70 Å². The molecular weight excluding hydrogens is 348 g/mol. The van der Waals surface area contributed by atoms with Gasteiger partial charge in [0.1, 0.15) is 0 Å². The van der Waals surface area contributed by atoms with E-state index in [1.165, 1.54) is 0 Å². The fourth-order valence-electron chi connectivity index (χ4n) is 2.73. The van der Waals surface area contributed by atoms with Gasteiger partial charge >= 0.3 is 12.0 Å². The van der Waals surface area contributed by atoms with Gasteiger partial charge in [-0.15, -0.1) is 0 Å². The number of carbonyl (C=O) groups is 2. The van der Waals surface area contributed by atoms with E-state index in [-0.39, 0.29) is 6.03 Å². The normalized spacial score (nSPS) is 16.7. The number of nitrogens with one attached hydrogen (secondary N) is 2. The van der Waals surface area contributed by atoms with Crippen LogP contribution in [0.25, 0.3) is 0 Å². The average molecular weight is 376 g/mol. The minimum atomic E-state index is -0.629. The molecule has 0 saturated heterocycles. The summed E-state index contributed by atoms with van der Waals surface area (Å²) in [5.41, 5.74) is 1.56. The number of rotatable bonds is 8. The van der Waals surface area contributed by atoms with Crippen LogP contribution in [0.15, 0.2) is 29.5 Å². The predicted molar refractivity (Wildman–Crippen MR) is 102 cm³/mol. The summed E-state index contributed by atoms with van der Waals surface area (Å²) in [7, 11) is 1.56. The summed E-state index contributed by atoms with van der Waals surface area (Å²) in [6, 6.07) is 4.37. The molecule has 1 aliphatic rings. The molecule has 2 rings (SSSR count). The molecule has 7 nitrogen and oxygen atoms in total. The molecule has 148 valence electrons. The van der Waals surface area contributed by atoms with Gasteiger partial charge in [-0.05, 0) is 37.0 Å². The topological polar surface area (TPSA) is 85.9 Å². The Morgan fingerprint density at radius 2 is 2.00 bits per heavy atom. The van der Waals surface area contributed by atoms with E-state index in [2.05, 4.69) is 24.5 Å². The first-order valence-corrected chi connectivity index (χ1v) is 9.13. The molecule has 0 aliphatic carbocycles. The molecule has 1 heterocycles. The van der Waals surface area contributed by atoms with E-state index in [4.69, 9.17) is 14.2 Å². The summed E-state index contributed by atoms with van der Waals surface area (Å²) in [6.45, 7) is 8.62. The van der Waals surface area contributed by atoms with Gasteiger partial charge in [0.2, 0.25) is 0 Å². The maximum atomic E-state index is 12.5. The highest BCUT2D eigenvalue weighted by Crippen LogP contribution is 2.34. The van der Waals surface area contributed by atoms with E-state index in [9.17, 15) is 9.59 Å². The number of urea groups is 1. The summed E-state index contributed by atoms with van der Waals surface area (Å²) in [5, 5.41) is 5.42. The molecule has 2 amide bonds. The third kappa shape index (κ3) is 5.15. The monoisotopic (exact) mass is 376 g/mol. The number of benzene rings is 1. The molecule has 1 aromatic rings. The van der Waals surface area contributed by atoms with Gasteiger partial charge in [0.05, 0.1) is 31.9 Å². The van der Waals surface area contributed by atoms with E-state index in [1.54, 1.807) is 26.2 Å². The lowest BCUT2D eigenvalue weighted by atomic mass is 9.95. The first-order valence-electron chi connectivity index (χ1n) is 9.13. The lowest BCUT2D eigenvalue weighted by molar-refractivity contribution is -0.139. The molecule has 1 aromatic carbocycles. The maximum Gasteiger partial charge on any atom is 0.338 e. The minimum absolute atomic E-state index is 0.321. The first kappa shape index (κ1) is 20.6. The van der Waals surface area contributed by atoms with E-state index < -0.39 is 12.0 Å². The van der Waals surface area contributed by atoms with E-state index in [0.717, 1.165) is 6.42 Å². The minimum Gasteiger partial charge on any atom is -0.493 e. The third-order valence-electron chi connectivity index (χ3n) is 4.02. The number of carbonyl (C=O) groups excluding carboxylic acids is 2. The Bertz CT molecular complexity index is 727. The zero-order valence-electron chi connectivity index (χ0n) is 16.5. The highest BCUT2D eigenvalue weighted by molar-refractivity contribution is 5.95. The molecule has 27 heavy (non-hydrogen) atoms. The molecule has 0 radical (unpaired) electrons. The van der Waals surface area contributed by atoms with Crippen LogP contribution in [0, 0.1) is 5.92 Å². The lowest BCUT2D eigenvalue weighted by Crippen LogP contribution is -2.45. The Hall–Kier alpha value is -2.70. The summed E-state index contributed by atoms with van der Waals surface area (Å²) >= 11 is 0. The van der Waals surface area contributed by atoms with Crippen LogP contribution in [0.4, 0.5) is 4.79 Å². The zero-order valence-corrected chi connectivity index (χ0v) is 16.5. The summed E-state index contributed by atoms with van der Waals surface area (Å²) in [6.07, 6.45) is 0.720. The number of esters is 1. The van der Waals surface area contributed by atoms with Crippen LogP contribution >= 0.6 is 0 Å². The van der Waals surface area contributed by atoms with Crippen molar-refractivity contribution in [3.63, 3.8) is 0 Å². The van der Waals surface area contributed by atoms with Crippen LogP contribution in [0.1, 0.15) is 45.7 Å². The molecule has 1 unspecified atom stereocenters. The van der Waals surface area contributed by atoms with Gasteiger partial charge in [0.25, 0.3) is 0 Å². The van der Waals surface area contributed by atoms with E-state index in [0.29, 0.717) is 47.5 Å². The average Bonchev–Trinajstić information content (AvgIpc) is 2.63. The highest BCUT2D eigenvalue weighted by Gasteiger charge is 2.32. The largest absolute Gasteiger partial charge is 0.493 e. The summed E-state index contributed by atoms with van der Waals surface area (Å²) in [4.78, 5) is 24.5. The van der Waals surface area contributed by atoms with Crippen LogP contribution < -0.4 is 20.1 Å². The molecule has 2 N–H and O–H groups in total. The van der Waals surface area contributed by atoms with E-state index in [1.807, 2.05) is 13.0 Å². The van der Waals surface area contributed by atoms with Crippen LogP contribution in [-0.2, 0) is 9.53 Å². The van der Waals surface area contributed by atoms with Crippen LogP contribution in [0.5, 0.6) is 11.5 Å². The first-order chi connectivity index (χ1) is 12.9. The van der Waals surface area contributed by atoms with Crippen molar-refractivity contribution in [1.82, 2.24) is 10.6 Å². The molecule has 0 saturated carbocycles. The number of ether oxygens (including phenoxy) is 3. The van der Waals surface area contributed by atoms with Crippen LogP contribution in [-0.4, -0.2) is 32.3 Å². The van der Waals surface area contributed by atoms with Crippen molar-refractivity contribution in [1.29, 1.82) is 0 Å². The fourth-order valence-corrected chi connectivity index (χ4v) is 2.73. The maximum absolute atomic E-state index is 12.5. The SMILES string of the molecule is CCCOC(=O)C1=C(C)NC(=O)NC1c1ccc(OCC(C)C)c(OC)c1. The van der Waals surface area contributed by atoms with Gasteiger partial charge in [-0.25, -0.2) is 9.59 Å². The molecule has 0 bridgehead atoms. The number of hydrogen-bond acceptors (Lipinski definition) is 5. The Labute approximate surface area is 160 Å². The van der Waals surface area contributed by atoms with E-state index >= 15 is 0 Å². The number of allylic oxidation sites excluding steroid dienone is 1. The van der Waals surface area contributed by atoms with Gasteiger partial charge in [0.15, 0.2) is 11.5 Å². The molecular formula is C20H28N2O5. The van der Waals surface area contributed by atoms with Crippen molar-refractivity contribution in [3.8, 4) is 11.5 Å². The van der Waals surface area contributed by atoms with Crippen molar-refractivity contribution in [2.45, 2.75) is 40.2 Å². The Morgan fingerprint density at radius 1 is 1.26 bits per heavy atom. The smallest absolute Gasteiger partial charge is 0.338 e. The van der Waals surface area contributed by atoms with Gasteiger partial charge < -0.3 is 24.8 Å². The standard InChI is InChI=1S/C20H28N2O5/c1-6-9-26-19(23)17-13(4)21-20(24)22-18(17)14-7-8-15(16(10-14)25-5)27-11-12(2)3/h7-8,10,12,18H,6,9,11H2,1-5H3,(H2,21,22,24). The molecule has 7 heteroatoms. The van der Waals surface area contributed by atoms with Crippen LogP contribution in [0.2, 0.25) is 0 Å². The molecule has 1 aliphatic heterocycles. The number of amides is 2.